The fraction of sp³-hybridized carbons (Fsp3) is 0.476. The number of nitrogens with two attached hydrogens (primary N) is 1. The summed E-state index contributed by atoms with van der Waals surface area (Å²) in [7, 11) is 0. The molecule has 0 fully saturated rings. The number of nitrogens with one attached hydrogen (secondary N) is 1. The van der Waals surface area contributed by atoms with Gasteiger partial charge in [-0.1, -0.05) is 19.9 Å². The van der Waals surface area contributed by atoms with Gasteiger partial charge in [0.05, 0.1) is 6.20 Å². The van der Waals surface area contributed by atoms with Crippen LogP contribution in [0.2, 0.25) is 0 Å². The third kappa shape index (κ3) is 5.76. The number of fused-ring (bicyclic) bond motifs is 3. The van der Waals surface area contributed by atoms with Crippen molar-refractivity contribution in [1.29, 1.82) is 0 Å². The largest absolute Gasteiger partial charge is 0.492 e. The van der Waals surface area contributed by atoms with Gasteiger partial charge in [0.25, 0.3) is 0 Å². The zero-order valence-corrected chi connectivity index (χ0v) is 16.8. The van der Waals surface area contributed by atoms with Crippen molar-refractivity contribution in [1.82, 2.24) is 4.98 Å². The highest BCUT2D eigenvalue weighted by Crippen LogP contribution is 2.39. The number of nitrogens with zero attached hydrogens (tertiary/aromatic N) is 1. The Labute approximate surface area is 168 Å². The molecule has 0 aliphatic carbocycles. The molecule has 0 bridgehead atoms. The highest BCUT2D eigenvalue weighted by Gasteiger charge is 2.27. The van der Waals surface area contributed by atoms with Crippen LogP contribution in [0.15, 0.2) is 30.5 Å². The van der Waals surface area contributed by atoms with Crippen molar-refractivity contribution in [2.75, 3.05) is 18.5 Å². The second kappa shape index (κ2) is 8.10. The summed E-state index contributed by atoms with van der Waals surface area (Å²) in [5.74, 6) is 1.83. The molecule has 0 saturated carbocycles. The molecule has 0 saturated heterocycles. The van der Waals surface area contributed by atoms with Crippen LogP contribution in [0, 0.1) is 5.92 Å². The molecule has 2 heterocycles. The Morgan fingerprint density at radius 3 is 2.69 bits per heavy atom. The van der Waals surface area contributed by atoms with Crippen LogP contribution in [-0.2, 0) is 6.61 Å². The maximum absolute atomic E-state index is 12.5. The molecule has 1 aromatic carbocycles. The Morgan fingerprint density at radius 1 is 1.24 bits per heavy atom. The van der Waals surface area contributed by atoms with Crippen LogP contribution in [0.1, 0.15) is 32.8 Å². The zero-order chi connectivity index (χ0) is 21.2. The van der Waals surface area contributed by atoms with Gasteiger partial charge in [0, 0.05) is 16.7 Å². The minimum absolute atomic E-state index is 0.144. The number of anilines is 1. The van der Waals surface area contributed by atoms with Gasteiger partial charge in [0.15, 0.2) is 0 Å². The molecule has 1 aromatic heterocycles. The fourth-order valence-electron chi connectivity index (χ4n) is 3.49. The summed E-state index contributed by atoms with van der Waals surface area (Å²) >= 11 is 0. The van der Waals surface area contributed by atoms with E-state index < -0.39 is 18.3 Å². The van der Waals surface area contributed by atoms with Crippen molar-refractivity contribution in [3.05, 3.63) is 36.0 Å². The predicted molar refractivity (Wildman–Crippen MR) is 106 cm³/mol. The first-order chi connectivity index (χ1) is 13.5. The number of rotatable bonds is 7. The summed E-state index contributed by atoms with van der Waals surface area (Å²) in [6, 6.07) is 7.17. The third-order valence-electron chi connectivity index (χ3n) is 4.53. The monoisotopic (exact) mass is 409 g/mol. The first kappa shape index (κ1) is 21.2. The van der Waals surface area contributed by atoms with Crippen LogP contribution in [0.4, 0.5) is 19.0 Å². The molecule has 1 atom stereocenters. The predicted octanol–water partition coefficient (Wildman–Crippen LogP) is 4.76. The molecule has 0 spiro atoms. The van der Waals surface area contributed by atoms with Crippen molar-refractivity contribution in [2.45, 2.75) is 45.5 Å². The zero-order valence-electron chi connectivity index (χ0n) is 16.8. The molecule has 3 rings (SSSR count). The van der Waals surface area contributed by atoms with E-state index in [4.69, 9.17) is 15.2 Å². The summed E-state index contributed by atoms with van der Waals surface area (Å²) in [6.07, 6.45) is -2.03. The third-order valence-corrected chi connectivity index (χ3v) is 4.53. The van der Waals surface area contributed by atoms with Gasteiger partial charge in [0.1, 0.15) is 37.1 Å². The van der Waals surface area contributed by atoms with E-state index in [1.54, 1.807) is 6.07 Å². The number of hydrogen-bond acceptors (Lipinski definition) is 5. The number of hydrogen-bond donors (Lipinski definition) is 2. The first-order valence-corrected chi connectivity index (χ1v) is 9.51. The number of pyridine rings is 1. The molecule has 0 radical (unpaired) electrons. The van der Waals surface area contributed by atoms with Crippen molar-refractivity contribution in [2.24, 2.45) is 11.7 Å². The molecule has 2 aromatic rings. The maximum atomic E-state index is 12.5. The van der Waals surface area contributed by atoms with Crippen LogP contribution in [0.3, 0.4) is 0 Å². The van der Waals surface area contributed by atoms with Gasteiger partial charge >= 0.3 is 6.18 Å². The Balaban J connectivity index is 1.76. The topological polar surface area (TPSA) is 69.4 Å². The Kier molecular flexibility index (Phi) is 5.93. The van der Waals surface area contributed by atoms with E-state index in [0.29, 0.717) is 36.2 Å². The summed E-state index contributed by atoms with van der Waals surface area (Å²) in [4.78, 5) is 3.99. The van der Waals surface area contributed by atoms with E-state index in [9.17, 15) is 13.2 Å². The standard InChI is InChI=1S/C21H26F3N3O2/c1-13(2)8-20(3,25)12-29-15-4-5-16-14(6-15)10-28-18-9-26-19(7-17(16)18)27-11-21(22,23)24/h4-7,9,13H,8,10-12,25H2,1-3H3,(H,26,27). The smallest absolute Gasteiger partial charge is 0.405 e. The first-order valence-electron chi connectivity index (χ1n) is 9.51. The number of aromatic nitrogens is 1. The van der Waals surface area contributed by atoms with E-state index in [1.807, 2.05) is 25.1 Å². The van der Waals surface area contributed by atoms with E-state index in [-0.39, 0.29) is 5.82 Å². The average molecular weight is 409 g/mol. The molecule has 158 valence electrons. The lowest BCUT2D eigenvalue weighted by Crippen LogP contribution is -2.43. The van der Waals surface area contributed by atoms with Crippen LogP contribution in [0.5, 0.6) is 11.5 Å². The quantitative estimate of drug-likeness (QED) is 0.690. The van der Waals surface area contributed by atoms with Gasteiger partial charge in [-0.25, -0.2) is 4.98 Å². The number of alkyl halides is 3. The van der Waals surface area contributed by atoms with E-state index >= 15 is 0 Å². The van der Waals surface area contributed by atoms with Crippen LogP contribution in [0.25, 0.3) is 11.1 Å². The second-order valence-electron chi connectivity index (χ2n) is 8.18. The van der Waals surface area contributed by atoms with Crippen molar-refractivity contribution in [3.63, 3.8) is 0 Å². The molecule has 0 amide bonds. The summed E-state index contributed by atoms with van der Waals surface area (Å²) < 4.78 is 49.0. The van der Waals surface area contributed by atoms with Gasteiger partial charge in [-0.3, -0.25) is 0 Å². The number of benzene rings is 1. The Morgan fingerprint density at radius 2 is 2.00 bits per heavy atom. The Bertz CT molecular complexity index is 867. The average Bonchev–Trinajstić information content (AvgIpc) is 2.62. The summed E-state index contributed by atoms with van der Waals surface area (Å²) in [5, 5.41) is 2.30. The molecule has 8 heteroatoms. The van der Waals surface area contributed by atoms with Gasteiger partial charge in [-0.05, 0) is 43.0 Å². The highest BCUT2D eigenvalue weighted by atomic mass is 19.4. The van der Waals surface area contributed by atoms with Crippen LogP contribution >= 0.6 is 0 Å². The number of halogens is 3. The molecular weight excluding hydrogens is 383 g/mol. The van der Waals surface area contributed by atoms with Gasteiger partial charge < -0.3 is 20.5 Å². The number of ether oxygens (including phenoxy) is 2. The van der Waals surface area contributed by atoms with E-state index in [1.165, 1.54) is 6.20 Å². The molecule has 5 nitrogen and oxygen atoms in total. The second-order valence-corrected chi connectivity index (χ2v) is 8.18. The van der Waals surface area contributed by atoms with E-state index in [0.717, 1.165) is 17.5 Å². The van der Waals surface area contributed by atoms with Gasteiger partial charge in [0.2, 0.25) is 0 Å². The molecule has 29 heavy (non-hydrogen) atoms. The van der Waals surface area contributed by atoms with Crippen LogP contribution < -0.4 is 20.5 Å². The lowest BCUT2D eigenvalue weighted by molar-refractivity contribution is -0.115. The molecule has 1 aliphatic heterocycles. The fourth-order valence-corrected chi connectivity index (χ4v) is 3.49. The lowest BCUT2D eigenvalue weighted by atomic mass is 9.93. The molecule has 1 aliphatic rings. The van der Waals surface area contributed by atoms with Crippen molar-refractivity contribution in [3.8, 4) is 22.6 Å². The minimum atomic E-state index is -4.31. The lowest BCUT2D eigenvalue weighted by Gasteiger charge is -2.27. The highest BCUT2D eigenvalue weighted by molar-refractivity contribution is 5.77. The SMILES string of the molecule is CC(C)CC(C)(N)COc1ccc2c(c1)COc1cnc(NCC(F)(F)F)cc1-2. The maximum Gasteiger partial charge on any atom is 0.405 e. The van der Waals surface area contributed by atoms with Crippen molar-refractivity contribution >= 4 is 5.82 Å². The normalized spacial score (nSPS) is 15.2. The Hall–Kier alpha value is -2.48. The van der Waals surface area contributed by atoms with Crippen molar-refractivity contribution < 1.29 is 22.6 Å². The van der Waals surface area contributed by atoms with Gasteiger partial charge in [-0.15, -0.1) is 0 Å². The summed E-state index contributed by atoms with van der Waals surface area (Å²) in [5.41, 5.74) is 8.34. The van der Waals surface area contributed by atoms with Gasteiger partial charge in [-0.2, -0.15) is 13.2 Å². The molecular formula is C21H26F3N3O2. The minimum Gasteiger partial charge on any atom is -0.492 e. The van der Waals surface area contributed by atoms with E-state index in [2.05, 4.69) is 24.1 Å². The molecule has 1 unspecified atom stereocenters. The molecule has 3 N–H and O–H groups in total. The summed E-state index contributed by atoms with van der Waals surface area (Å²) in [6.45, 7) is 5.77. The van der Waals surface area contributed by atoms with Crippen LogP contribution in [-0.4, -0.2) is 29.9 Å².